The van der Waals surface area contributed by atoms with Gasteiger partial charge in [-0.1, -0.05) is 12.1 Å². The summed E-state index contributed by atoms with van der Waals surface area (Å²) >= 11 is 0. The molecule has 3 aliphatic heterocycles. The molecule has 14 atom stereocenters. The number of aliphatic hydroxyl groups is 8. The predicted octanol–water partition coefficient (Wildman–Crippen LogP) is -3.58. The van der Waals surface area contributed by atoms with Crippen LogP contribution in [0.3, 0.4) is 0 Å². The number of phenols is 4. The molecule has 0 aromatic heterocycles. The Morgan fingerprint density at radius 3 is 2.04 bits per heavy atom. The Bertz CT molecular complexity index is 1570. The summed E-state index contributed by atoms with van der Waals surface area (Å²) in [7, 11) is 0. The van der Waals surface area contributed by atoms with Crippen molar-refractivity contribution in [3.05, 3.63) is 53.6 Å². The SMILES string of the molecule is O=C(/C=C\c1ccc(O)c(O)c1)OC[C@@H]1O[C@@H](OCCc2ccc(O)c(O)c2)[C@H](O[C@H]2OC[C@H](O)[C@H](O)[C@H]2O)[C@@H](O[C@@H]2O[C@@H](CO)[C@@H](O)[C@H](O)[C@H]2O)[C@@H]1O. The van der Waals surface area contributed by atoms with E-state index in [-0.39, 0.29) is 24.5 Å². The van der Waals surface area contributed by atoms with Crippen LogP contribution < -0.4 is 0 Å². The molecule has 3 saturated heterocycles. The van der Waals surface area contributed by atoms with E-state index in [4.69, 9.17) is 33.2 Å². The average molecular weight is 773 g/mol. The van der Waals surface area contributed by atoms with Crippen LogP contribution in [-0.2, 0) is 44.4 Å². The number of benzene rings is 2. The maximum Gasteiger partial charge on any atom is 0.330 e. The lowest BCUT2D eigenvalue weighted by Gasteiger charge is -2.48. The topological polar surface area (TPSA) is 324 Å². The predicted molar refractivity (Wildman–Crippen MR) is 175 cm³/mol. The van der Waals surface area contributed by atoms with E-state index >= 15 is 0 Å². The number of aromatic hydroxyl groups is 4. The number of carbonyl (C=O) groups excluding carboxylic acids is 1. The van der Waals surface area contributed by atoms with E-state index in [0.29, 0.717) is 11.1 Å². The molecule has 0 bridgehead atoms. The Kier molecular flexibility index (Phi) is 14.0. The maximum absolute atomic E-state index is 12.7. The molecule has 0 amide bonds. The zero-order valence-electron chi connectivity index (χ0n) is 28.4. The van der Waals surface area contributed by atoms with E-state index in [1.54, 1.807) is 0 Å². The van der Waals surface area contributed by atoms with E-state index in [0.717, 1.165) is 6.08 Å². The smallest absolute Gasteiger partial charge is 0.330 e. The van der Waals surface area contributed by atoms with Gasteiger partial charge in [-0.2, -0.15) is 0 Å². The van der Waals surface area contributed by atoms with Gasteiger partial charge in [0.2, 0.25) is 0 Å². The summed E-state index contributed by atoms with van der Waals surface area (Å²) < 4.78 is 40.0. The van der Waals surface area contributed by atoms with Crippen molar-refractivity contribution in [2.45, 2.75) is 92.4 Å². The number of hydrogen-bond donors (Lipinski definition) is 12. The highest BCUT2D eigenvalue weighted by Gasteiger charge is 2.54. The first-order valence-electron chi connectivity index (χ1n) is 16.8. The third-order valence-corrected chi connectivity index (χ3v) is 9.02. The molecule has 2 aromatic rings. The average Bonchev–Trinajstić information content (AvgIpc) is 3.15. The van der Waals surface area contributed by atoms with Gasteiger partial charge >= 0.3 is 5.97 Å². The molecular formula is C34H44O20. The molecular weight excluding hydrogens is 728 g/mol. The van der Waals surface area contributed by atoms with Crippen LogP contribution in [0.25, 0.3) is 6.08 Å². The highest BCUT2D eigenvalue weighted by Crippen LogP contribution is 2.34. The summed E-state index contributed by atoms with van der Waals surface area (Å²) in [6.07, 6.45) is -21.8. The van der Waals surface area contributed by atoms with E-state index in [9.17, 15) is 66.1 Å². The van der Waals surface area contributed by atoms with Crippen molar-refractivity contribution in [3.8, 4) is 23.0 Å². The van der Waals surface area contributed by atoms with Crippen molar-refractivity contribution < 1.29 is 99.2 Å². The van der Waals surface area contributed by atoms with Gasteiger partial charge in [0.05, 0.1) is 19.8 Å². The molecule has 20 nitrogen and oxygen atoms in total. The van der Waals surface area contributed by atoms with Crippen LogP contribution in [0.1, 0.15) is 11.1 Å². The lowest BCUT2D eigenvalue weighted by atomic mass is 9.96. The minimum atomic E-state index is -1.96. The minimum absolute atomic E-state index is 0.0892. The second-order valence-corrected chi connectivity index (χ2v) is 12.8. The molecule has 0 spiro atoms. The molecule has 12 N–H and O–H groups in total. The Morgan fingerprint density at radius 1 is 0.704 bits per heavy atom. The van der Waals surface area contributed by atoms with E-state index in [1.165, 1.54) is 42.5 Å². The van der Waals surface area contributed by atoms with Crippen LogP contribution in [0.15, 0.2) is 42.5 Å². The third kappa shape index (κ3) is 9.74. The quantitative estimate of drug-likeness (QED) is 0.0532. The monoisotopic (exact) mass is 772 g/mol. The molecule has 0 unspecified atom stereocenters. The summed E-state index contributed by atoms with van der Waals surface area (Å²) in [5.41, 5.74) is 0.819. The number of carbonyl (C=O) groups is 1. The van der Waals surface area contributed by atoms with E-state index < -0.39 is 123 Å². The van der Waals surface area contributed by atoms with Crippen LogP contribution in [0.2, 0.25) is 0 Å². The maximum atomic E-state index is 12.7. The molecule has 3 fully saturated rings. The van der Waals surface area contributed by atoms with E-state index in [1.807, 2.05) is 0 Å². The lowest BCUT2D eigenvalue weighted by Crippen LogP contribution is -2.66. The van der Waals surface area contributed by atoms with Crippen LogP contribution in [0, 0.1) is 0 Å². The first-order chi connectivity index (χ1) is 25.7. The number of hydrogen-bond acceptors (Lipinski definition) is 20. The minimum Gasteiger partial charge on any atom is -0.504 e. The summed E-state index contributed by atoms with van der Waals surface area (Å²) in [6.45, 7) is -2.20. The fourth-order valence-electron chi connectivity index (χ4n) is 5.89. The summed E-state index contributed by atoms with van der Waals surface area (Å²) in [6, 6.07) is 7.81. The lowest BCUT2D eigenvalue weighted by molar-refractivity contribution is -0.386. The number of phenolic OH excluding ortho intramolecular Hbond substituents is 4. The standard InChI is InChI=1S/C34H44O20/c35-11-21-25(43)27(45)29(47)33(51-21)53-30-26(44)22(13-49-23(41)6-3-14-1-4-16(36)18(38)9-14)52-34(48-8-7-15-2-5-17(37)19(39)10-15)31(30)54-32-28(46)24(42)20(40)12-50-32/h1-6,9-10,20-22,24-40,42-47H,7-8,11-13H2/b6-3-/t20-,21-,22-,24-,25+,26+,27-,28+,29+,30-,31+,32+,33-,34+/m0/s1. The molecule has 3 heterocycles. The van der Waals surface area contributed by atoms with Crippen molar-refractivity contribution in [1.82, 2.24) is 0 Å². The van der Waals surface area contributed by atoms with Gasteiger partial charge in [-0.15, -0.1) is 0 Å². The van der Waals surface area contributed by atoms with Gasteiger partial charge in [0.15, 0.2) is 41.9 Å². The first-order valence-corrected chi connectivity index (χ1v) is 16.8. The van der Waals surface area contributed by atoms with Crippen molar-refractivity contribution in [2.24, 2.45) is 0 Å². The molecule has 5 rings (SSSR count). The Balaban J connectivity index is 1.41. The zero-order valence-corrected chi connectivity index (χ0v) is 28.4. The third-order valence-electron chi connectivity index (χ3n) is 9.02. The number of aliphatic hydroxyl groups excluding tert-OH is 8. The summed E-state index contributed by atoms with van der Waals surface area (Å²) in [5, 5.41) is 123. The largest absolute Gasteiger partial charge is 0.504 e. The van der Waals surface area contributed by atoms with Crippen molar-refractivity contribution in [2.75, 3.05) is 26.4 Å². The van der Waals surface area contributed by atoms with Crippen LogP contribution in [0.5, 0.6) is 23.0 Å². The molecule has 300 valence electrons. The van der Waals surface area contributed by atoms with Gasteiger partial charge in [0.25, 0.3) is 0 Å². The van der Waals surface area contributed by atoms with Gasteiger partial charge in [0.1, 0.15) is 73.8 Å². The van der Waals surface area contributed by atoms with Crippen molar-refractivity contribution >= 4 is 12.0 Å². The molecule has 0 aliphatic carbocycles. The number of ether oxygens (including phenoxy) is 7. The van der Waals surface area contributed by atoms with Crippen molar-refractivity contribution in [3.63, 3.8) is 0 Å². The molecule has 54 heavy (non-hydrogen) atoms. The number of rotatable bonds is 13. The van der Waals surface area contributed by atoms with Crippen molar-refractivity contribution in [1.29, 1.82) is 0 Å². The fraction of sp³-hybridized carbons (Fsp3) is 0.559. The number of esters is 1. The Hall–Kier alpha value is -3.71. The van der Waals surface area contributed by atoms with Gasteiger partial charge in [0, 0.05) is 6.08 Å². The van der Waals surface area contributed by atoms with E-state index in [2.05, 4.69) is 0 Å². The summed E-state index contributed by atoms with van der Waals surface area (Å²) in [4.78, 5) is 12.7. The normalized spacial score (nSPS) is 35.9. The summed E-state index contributed by atoms with van der Waals surface area (Å²) in [5.74, 6) is -2.52. The Morgan fingerprint density at radius 2 is 1.35 bits per heavy atom. The first kappa shape index (κ1) is 41.5. The second kappa shape index (κ2) is 18.3. The van der Waals surface area contributed by atoms with Gasteiger partial charge < -0.3 is 94.4 Å². The Labute approximate surface area is 306 Å². The van der Waals surface area contributed by atoms with Crippen LogP contribution in [0.4, 0.5) is 0 Å². The molecule has 2 aromatic carbocycles. The molecule has 0 radical (unpaired) electrons. The molecule has 3 aliphatic rings. The zero-order chi connectivity index (χ0) is 39.3. The molecule has 20 heteroatoms. The van der Waals surface area contributed by atoms with Crippen LogP contribution in [-0.4, -0.2) is 180 Å². The van der Waals surface area contributed by atoms with Gasteiger partial charge in [-0.25, -0.2) is 4.79 Å². The van der Waals surface area contributed by atoms with Crippen LogP contribution >= 0.6 is 0 Å². The second-order valence-electron chi connectivity index (χ2n) is 12.8. The molecule has 0 saturated carbocycles. The van der Waals surface area contributed by atoms with Gasteiger partial charge in [-0.05, 0) is 47.9 Å². The van der Waals surface area contributed by atoms with Gasteiger partial charge in [-0.3, -0.25) is 0 Å². The highest BCUT2D eigenvalue weighted by atomic mass is 16.8. The highest BCUT2D eigenvalue weighted by molar-refractivity contribution is 5.87. The fourth-order valence-corrected chi connectivity index (χ4v) is 5.89.